The highest BCUT2D eigenvalue weighted by atomic mass is 19.1. The number of aromatic nitrogens is 2. The summed E-state index contributed by atoms with van der Waals surface area (Å²) in [5.41, 5.74) is 1.97. The molecule has 5 aromatic rings. The molecule has 1 amide bonds. The molecule has 0 saturated heterocycles. The van der Waals surface area contributed by atoms with Gasteiger partial charge in [0.1, 0.15) is 47.1 Å². The van der Waals surface area contributed by atoms with Gasteiger partial charge in [0.15, 0.2) is 0 Å². The van der Waals surface area contributed by atoms with Gasteiger partial charge < -0.3 is 24.3 Å². The number of carbonyl (C=O) groups excluding carboxylic acids is 1. The zero-order chi connectivity index (χ0) is 28.9. The van der Waals surface area contributed by atoms with E-state index in [-0.39, 0.29) is 29.0 Å². The molecule has 41 heavy (non-hydrogen) atoms. The molecular weight excluding hydrogens is 532 g/mol. The number of methoxy groups -OCH3 is 1. The van der Waals surface area contributed by atoms with E-state index in [1.165, 1.54) is 36.0 Å². The van der Waals surface area contributed by atoms with Gasteiger partial charge in [-0.1, -0.05) is 42.5 Å². The summed E-state index contributed by atoms with van der Waals surface area (Å²) in [7, 11) is 1.31. The normalized spacial score (nSPS) is 11.7. The molecule has 0 unspecified atom stereocenters. The lowest BCUT2D eigenvalue weighted by molar-refractivity contribution is -0.139. The highest BCUT2D eigenvalue weighted by Gasteiger charge is 2.23. The van der Waals surface area contributed by atoms with Crippen LogP contribution in [0.5, 0.6) is 11.5 Å². The quantitative estimate of drug-likeness (QED) is 0.242. The first-order valence-electron chi connectivity index (χ1n) is 12.6. The number of halogens is 2. The zero-order valence-electron chi connectivity index (χ0n) is 21.9. The topological polar surface area (TPSA) is 102 Å². The first-order chi connectivity index (χ1) is 19.8. The van der Waals surface area contributed by atoms with Gasteiger partial charge in [-0.2, -0.15) is 0 Å². The lowest BCUT2D eigenvalue weighted by atomic mass is 10.1. The standard InChI is InChI=1S/C31H25F2N3O5/c1-40-23-14-24(32)29(25(33)15-23)21-9-12-28-34-27(17-36(28)16-21)30(37)35-26(31(38)39)13-19-7-10-22(11-8-19)41-18-20-5-3-2-4-6-20/h2-12,14-17,26H,13,18H2,1H3,(H,35,37)(H,38,39)/t26-/m0/s1. The summed E-state index contributed by atoms with van der Waals surface area (Å²) in [6.45, 7) is 0.401. The van der Waals surface area contributed by atoms with E-state index in [4.69, 9.17) is 9.47 Å². The van der Waals surface area contributed by atoms with Crippen LogP contribution in [0.4, 0.5) is 8.78 Å². The molecule has 0 fully saturated rings. The SMILES string of the molecule is COc1cc(F)c(-c2ccc3nc(C(=O)N[C@@H](Cc4ccc(OCc5ccccc5)cc4)C(=O)O)cn3c2)c(F)c1. The van der Waals surface area contributed by atoms with Gasteiger partial charge in [-0.15, -0.1) is 0 Å². The number of carbonyl (C=O) groups is 2. The number of carboxylic acid groups (broad SMARTS) is 1. The van der Waals surface area contributed by atoms with Gasteiger partial charge in [-0.05, 0) is 35.4 Å². The molecule has 0 aliphatic carbocycles. The van der Waals surface area contributed by atoms with E-state index >= 15 is 0 Å². The molecule has 0 aliphatic rings. The second-order valence-corrected chi connectivity index (χ2v) is 9.26. The van der Waals surface area contributed by atoms with Crippen molar-refractivity contribution in [1.82, 2.24) is 14.7 Å². The van der Waals surface area contributed by atoms with Crippen LogP contribution < -0.4 is 14.8 Å². The minimum absolute atomic E-state index is 0.0353. The van der Waals surface area contributed by atoms with Crippen LogP contribution in [0.2, 0.25) is 0 Å². The highest BCUT2D eigenvalue weighted by molar-refractivity contribution is 5.95. The summed E-state index contributed by atoms with van der Waals surface area (Å²) in [5, 5.41) is 12.2. The van der Waals surface area contributed by atoms with Crippen molar-refractivity contribution in [3.05, 3.63) is 120 Å². The smallest absolute Gasteiger partial charge is 0.326 e. The van der Waals surface area contributed by atoms with Crippen molar-refractivity contribution in [3.63, 3.8) is 0 Å². The van der Waals surface area contributed by atoms with Crippen molar-refractivity contribution in [2.45, 2.75) is 19.1 Å². The number of fused-ring (bicyclic) bond motifs is 1. The van der Waals surface area contributed by atoms with E-state index in [1.807, 2.05) is 30.3 Å². The van der Waals surface area contributed by atoms with Crippen LogP contribution in [0, 0.1) is 11.6 Å². The van der Waals surface area contributed by atoms with Crippen molar-refractivity contribution < 1.29 is 33.0 Å². The molecule has 8 nitrogen and oxygen atoms in total. The summed E-state index contributed by atoms with van der Waals surface area (Å²) in [5.74, 6) is -2.84. The maximum absolute atomic E-state index is 14.6. The molecule has 2 N–H and O–H groups in total. The minimum Gasteiger partial charge on any atom is -0.497 e. The number of nitrogens with zero attached hydrogens (tertiary/aromatic N) is 2. The predicted molar refractivity (Wildman–Crippen MR) is 147 cm³/mol. The van der Waals surface area contributed by atoms with Crippen molar-refractivity contribution in [2.24, 2.45) is 0 Å². The van der Waals surface area contributed by atoms with Crippen molar-refractivity contribution in [1.29, 1.82) is 0 Å². The van der Waals surface area contributed by atoms with Gasteiger partial charge in [-0.25, -0.2) is 18.6 Å². The van der Waals surface area contributed by atoms with Gasteiger partial charge in [0.2, 0.25) is 0 Å². The number of nitrogens with one attached hydrogen (secondary N) is 1. The Kier molecular flexibility index (Phi) is 7.91. The molecule has 0 bridgehead atoms. The Balaban J connectivity index is 1.27. The number of imidazole rings is 1. The van der Waals surface area contributed by atoms with Crippen molar-refractivity contribution >= 4 is 17.5 Å². The van der Waals surface area contributed by atoms with E-state index in [9.17, 15) is 23.5 Å². The number of pyridine rings is 1. The van der Waals surface area contributed by atoms with Crippen LogP contribution >= 0.6 is 0 Å². The zero-order valence-corrected chi connectivity index (χ0v) is 21.9. The van der Waals surface area contributed by atoms with Crippen LogP contribution in [-0.4, -0.2) is 39.5 Å². The number of carboxylic acids is 1. The lowest BCUT2D eigenvalue weighted by Crippen LogP contribution is -2.42. The molecule has 1 atom stereocenters. The number of hydrogen-bond donors (Lipinski definition) is 2. The van der Waals surface area contributed by atoms with Crippen molar-refractivity contribution in [2.75, 3.05) is 7.11 Å². The van der Waals surface area contributed by atoms with Crippen LogP contribution in [0.15, 0.2) is 91.3 Å². The Bertz CT molecular complexity index is 1680. The summed E-state index contributed by atoms with van der Waals surface area (Å²) in [4.78, 5) is 29.1. The molecule has 10 heteroatoms. The maximum atomic E-state index is 14.6. The Hall–Kier alpha value is -5.25. The third-order valence-electron chi connectivity index (χ3n) is 6.44. The Labute approximate surface area is 233 Å². The number of aliphatic carboxylic acids is 1. The third kappa shape index (κ3) is 6.33. The Morgan fingerprint density at radius 1 is 0.927 bits per heavy atom. The van der Waals surface area contributed by atoms with Crippen LogP contribution in [-0.2, 0) is 17.8 Å². The average Bonchev–Trinajstić information content (AvgIpc) is 3.40. The average molecular weight is 558 g/mol. The van der Waals surface area contributed by atoms with Gasteiger partial charge in [0.25, 0.3) is 5.91 Å². The van der Waals surface area contributed by atoms with Gasteiger partial charge in [0.05, 0.1) is 12.7 Å². The highest BCUT2D eigenvalue weighted by Crippen LogP contribution is 2.30. The molecule has 0 aliphatic heterocycles. The largest absolute Gasteiger partial charge is 0.497 e. The van der Waals surface area contributed by atoms with E-state index in [0.717, 1.165) is 17.7 Å². The number of benzene rings is 3. The van der Waals surface area contributed by atoms with E-state index < -0.39 is 29.6 Å². The molecule has 3 aromatic carbocycles. The number of amides is 1. The number of rotatable bonds is 10. The summed E-state index contributed by atoms with van der Waals surface area (Å²) >= 11 is 0. The molecule has 2 heterocycles. The van der Waals surface area contributed by atoms with Gasteiger partial charge in [0, 0.05) is 36.5 Å². The van der Waals surface area contributed by atoms with Gasteiger partial charge >= 0.3 is 5.97 Å². The van der Waals surface area contributed by atoms with E-state index in [2.05, 4.69) is 10.3 Å². The van der Waals surface area contributed by atoms with E-state index in [1.54, 1.807) is 24.3 Å². The molecule has 5 rings (SSSR count). The van der Waals surface area contributed by atoms with Crippen molar-refractivity contribution in [3.8, 4) is 22.6 Å². The first kappa shape index (κ1) is 27.3. The van der Waals surface area contributed by atoms with Crippen LogP contribution in [0.25, 0.3) is 16.8 Å². The molecule has 0 saturated carbocycles. The number of ether oxygens (including phenoxy) is 2. The molecule has 208 valence electrons. The number of hydrogen-bond acceptors (Lipinski definition) is 5. The fourth-order valence-electron chi connectivity index (χ4n) is 4.32. The third-order valence-corrected chi connectivity index (χ3v) is 6.44. The first-order valence-corrected chi connectivity index (χ1v) is 12.6. The minimum atomic E-state index is -1.22. The molecular formula is C31H25F2N3O5. The predicted octanol–water partition coefficient (Wildman–Crippen LogP) is 5.29. The monoisotopic (exact) mass is 557 g/mol. The molecule has 0 radical (unpaired) electrons. The summed E-state index contributed by atoms with van der Waals surface area (Å²) < 4.78 is 41.3. The second-order valence-electron chi connectivity index (χ2n) is 9.26. The lowest BCUT2D eigenvalue weighted by Gasteiger charge is -2.14. The van der Waals surface area contributed by atoms with Gasteiger partial charge in [-0.3, -0.25) is 4.79 Å². The second kappa shape index (κ2) is 11.9. The fourth-order valence-corrected chi connectivity index (χ4v) is 4.32. The Morgan fingerprint density at radius 2 is 1.63 bits per heavy atom. The molecule has 2 aromatic heterocycles. The fraction of sp³-hybridized carbons (Fsp3) is 0.129. The van der Waals surface area contributed by atoms with Crippen LogP contribution in [0.1, 0.15) is 21.6 Å². The molecule has 0 spiro atoms. The van der Waals surface area contributed by atoms with E-state index in [0.29, 0.717) is 23.6 Å². The summed E-state index contributed by atoms with van der Waals surface area (Å²) in [6.07, 6.45) is 2.84. The van der Waals surface area contributed by atoms with Crippen LogP contribution in [0.3, 0.4) is 0 Å². The Morgan fingerprint density at radius 3 is 2.29 bits per heavy atom. The summed E-state index contributed by atoms with van der Waals surface area (Å²) in [6, 6.07) is 20.6. The maximum Gasteiger partial charge on any atom is 0.326 e.